The summed E-state index contributed by atoms with van der Waals surface area (Å²) in [6.45, 7) is 3.96. The highest BCUT2D eigenvalue weighted by Gasteiger charge is 2.11. The smallest absolute Gasteiger partial charge is 0.220 e. The van der Waals surface area contributed by atoms with Gasteiger partial charge in [-0.05, 0) is 51.1 Å². The van der Waals surface area contributed by atoms with E-state index in [0.29, 0.717) is 6.42 Å². The van der Waals surface area contributed by atoms with E-state index in [1.54, 1.807) is 0 Å². The summed E-state index contributed by atoms with van der Waals surface area (Å²) in [7, 11) is 4.02. The molecule has 0 atom stereocenters. The lowest BCUT2D eigenvalue weighted by Crippen LogP contribution is -2.31. The van der Waals surface area contributed by atoms with Crippen molar-refractivity contribution in [2.24, 2.45) is 0 Å². The zero-order chi connectivity index (χ0) is 15.1. The number of carbonyl (C=O) groups is 1. The van der Waals surface area contributed by atoms with E-state index in [0.717, 1.165) is 19.5 Å². The number of benzene rings is 1. The molecule has 4 heteroatoms. The Balaban J connectivity index is 1.71. The fourth-order valence-corrected chi connectivity index (χ4v) is 2.61. The molecule has 4 nitrogen and oxygen atoms in total. The van der Waals surface area contributed by atoms with Crippen LogP contribution >= 0.6 is 0 Å². The summed E-state index contributed by atoms with van der Waals surface area (Å²) in [6, 6.07) is 8.68. The van der Waals surface area contributed by atoms with Gasteiger partial charge in [0.15, 0.2) is 0 Å². The number of hydrogen-bond acceptors (Lipinski definition) is 3. The maximum absolute atomic E-state index is 11.7. The molecular weight excluding hydrogens is 262 g/mol. The van der Waals surface area contributed by atoms with Crippen LogP contribution in [0.3, 0.4) is 0 Å². The van der Waals surface area contributed by atoms with Crippen molar-refractivity contribution in [2.45, 2.75) is 25.7 Å². The van der Waals surface area contributed by atoms with Crippen LogP contribution in [0.25, 0.3) is 0 Å². The second-order valence-corrected chi connectivity index (χ2v) is 6.01. The average Bonchev–Trinajstić information content (AvgIpc) is 2.99. The first-order chi connectivity index (χ1) is 10.1. The number of likely N-dealkylation sites (N-methyl/N-ethyl adjacent to an activating group) is 1. The Hall–Kier alpha value is -1.55. The van der Waals surface area contributed by atoms with Crippen LogP contribution in [0.4, 0.5) is 5.69 Å². The monoisotopic (exact) mass is 289 g/mol. The van der Waals surface area contributed by atoms with E-state index in [9.17, 15) is 4.79 Å². The molecule has 1 aromatic rings. The zero-order valence-electron chi connectivity index (χ0n) is 13.3. The number of nitrogens with one attached hydrogen (secondary N) is 1. The fourth-order valence-electron chi connectivity index (χ4n) is 2.61. The summed E-state index contributed by atoms with van der Waals surface area (Å²) in [4.78, 5) is 16.2. The van der Waals surface area contributed by atoms with Gasteiger partial charge in [0.05, 0.1) is 0 Å². The Morgan fingerprint density at radius 2 is 1.86 bits per heavy atom. The highest BCUT2D eigenvalue weighted by Crippen LogP contribution is 2.20. The minimum Gasteiger partial charge on any atom is -0.372 e. The third-order valence-corrected chi connectivity index (χ3v) is 3.93. The van der Waals surface area contributed by atoms with Gasteiger partial charge in [-0.3, -0.25) is 4.79 Å². The number of hydrogen-bond donors (Lipinski definition) is 1. The van der Waals surface area contributed by atoms with Crippen LogP contribution in [-0.4, -0.2) is 51.1 Å². The molecule has 1 heterocycles. The van der Waals surface area contributed by atoms with E-state index in [2.05, 4.69) is 39.4 Å². The Morgan fingerprint density at radius 1 is 1.19 bits per heavy atom. The summed E-state index contributed by atoms with van der Waals surface area (Å²) < 4.78 is 0. The predicted molar refractivity (Wildman–Crippen MR) is 87.8 cm³/mol. The first kappa shape index (κ1) is 15.8. The zero-order valence-corrected chi connectivity index (χ0v) is 13.3. The molecule has 2 rings (SSSR count). The van der Waals surface area contributed by atoms with Crippen molar-refractivity contribution in [1.82, 2.24) is 10.2 Å². The molecule has 1 aromatic carbocycles. The van der Waals surface area contributed by atoms with Gasteiger partial charge in [-0.15, -0.1) is 0 Å². The van der Waals surface area contributed by atoms with Crippen LogP contribution in [0, 0.1) is 0 Å². The third kappa shape index (κ3) is 5.38. The second kappa shape index (κ2) is 8.03. The number of aryl methyl sites for hydroxylation is 1. The number of rotatable bonds is 7. The molecule has 1 saturated heterocycles. The van der Waals surface area contributed by atoms with Crippen LogP contribution in [0.1, 0.15) is 24.8 Å². The molecule has 0 aromatic heterocycles. The molecule has 116 valence electrons. The van der Waals surface area contributed by atoms with Gasteiger partial charge in [-0.2, -0.15) is 0 Å². The molecular formula is C17H27N3O. The minimum absolute atomic E-state index is 0.139. The molecule has 0 spiro atoms. The van der Waals surface area contributed by atoms with Crippen molar-refractivity contribution in [3.05, 3.63) is 29.8 Å². The Kier molecular flexibility index (Phi) is 6.05. The summed E-state index contributed by atoms with van der Waals surface area (Å²) in [6.07, 6.45) is 3.98. The number of amides is 1. The summed E-state index contributed by atoms with van der Waals surface area (Å²) in [5.41, 5.74) is 2.55. The van der Waals surface area contributed by atoms with Crippen LogP contribution in [0.2, 0.25) is 0 Å². The lowest BCUT2D eigenvalue weighted by molar-refractivity contribution is -0.121. The molecule has 0 aliphatic carbocycles. The van der Waals surface area contributed by atoms with Crippen LogP contribution in [-0.2, 0) is 11.2 Å². The van der Waals surface area contributed by atoms with E-state index in [1.165, 1.54) is 37.2 Å². The lowest BCUT2D eigenvalue weighted by atomic mass is 10.1. The molecule has 0 saturated carbocycles. The van der Waals surface area contributed by atoms with Crippen molar-refractivity contribution in [3.8, 4) is 0 Å². The molecule has 1 N–H and O–H groups in total. The summed E-state index contributed by atoms with van der Waals surface area (Å²) >= 11 is 0. The van der Waals surface area contributed by atoms with Gasteiger partial charge in [-0.1, -0.05) is 12.1 Å². The Bertz CT molecular complexity index is 436. The van der Waals surface area contributed by atoms with Crippen molar-refractivity contribution in [2.75, 3.05) is 45.2 Å². The van der Waals surface area contributed by atoms with Crippen LogP contribution < -0.4 is 10.2 Å². The molecule has 0 radical (unpaired) electrons. The highest BCUT2D eigenvalue weighted by atomic mass is 16.1. The minimum atomic E-state index is 0.139. The molecule has 1 aliphatic heterocycles. The van der Waals surface area contributed by atoms with E-state index >= 15 is 0 Å². The number of anilines is 1. The number of carbonyl (C=O) groups excluding carboxylic acids is 1. The molecule has 21 heavy (non-hydrogen) atoms. The third-order valence-electron chi connectivity index (χ3n) is 3.93. The van der Waals surface area contributed by atoms with E-state index in [4.69, 9.17) is 0 Å². The molecule has 1 amide bonds. The first-order valence-corrected chi connectivity index (χ1v) is 7.90. The van der Waals surface area contributed by atoms with Crippen molar-refractivity contribution >= 4 is 11.6 Å². The average molecular weight is 289 g/mol. The van der Waals surface area contributed by atoms with Crippen molar-refractivity contribution in [1.29, 1.82) is 0 Å². The van der Waals surface area contributed by atoms with Gasteiger partial charge in [-0.25, -0.2) is 0 Å². The van der Waals surface area contributed by atoms with E-state index in [1.807, 2.05) is 14.1 Å². The number of nitrogens with zero attached hydrogens (tertiary/aromatic N) is 2. The topological polar surface area (TPSA) is 35.6 Å². The van der Waals surface area contributed by atoms with Crippen LogP contribution in [0.15, 0.2) is 24.3 Å². The summed E-state index contributed by atoms with van der Waals surface area (Å²) in [5.74, 6) is 0.139. The molecule has 1 fully saturated rings. The van der Waals surface area contributed by atoms with Gasteiger partial charge in [0, 0.05) is 38.3 Å². The van der Waals surface area contributed by atoms with Gasteiger partial charge in [0.2, 0.25) is 5.91 Å². The van der Waals surface area contributed by atoms with E-state index in [-0.39, 0.29) is 5.91 Å². The standard InChI is InChI=1S/C17H27N3O/c1-19(2)14-11-18-17(21)10-7-15-5-8-16(9-6-15)20-12-3-4-13-20/h5-6,8-9H,3-4,7,10-14H2,1-2H3,(H,18,21). The van der Waals surface area contributed by atoms with Crippen molar-refractivity contribution < 1.29 is 4.79 Å². The SMILES string of the molecule is CN(C)CCNC(=O)CCc1ccc(N2CCCC2)cc1. The Labute approximate surface area is 128 Å². The normalized spacial score (nSPS) is 14.7. The molecule has 1 aliphatic rings. The maximum atomic E-state index is 11.7. The lowest BCUT2D eigenvalue weighted by Gasteiger charge is -2.17. The van der Waals surface area contributed by atoms with Gasteiger partial charge in [0.1, 0.15) is 0 Å². The fraction of sp³-hybridized carbons (Fsp3) is 0.588. The largest absolute Gasteiger partial charge is 0.372 e. The first-order valence-electron chi connectivity index (χ1n) is 7.90. The van der Waals surface area contributed by atoms with E-state index < -0.39 is 0 Å². The molecule has 0 bridgehead atoms. The summed E-state index contributed by atoms with van der Waals surface area (Å²) in [5, 5.41) is 2.95. The quantitative estimate of drug-likeness (QED) is 0.833. The van der Waals surface area contributed by atoms with Gasteiger partial charge in [0.25, 0.3) is 0 Å². The predicted octanol–water partition coefficient (Wildman–Crippen LogP) is 1.90. The van der Waals surface area contributed by atoms with Crippen LogP contribution in [0.5, 0.6) is 0 Å². The Morgan fingerprint density at radius 3 is 2.48 bits per heavy atom. The van der Waals surface area contributed by atoms with Crippen molar-refractivity contribution in [3.63, 3.8) is 0 Å². The maximum Gasteiger partial charge on any atom is 0.220 e. The van der Waals surface area contributed by atoms with Gasteiger partial charge < -0.3 is 15.1 Å². The highest BCUT2D eigenvalue weighted by molar-refractivity contribution is 5.76. The molecule has 0 unspecified atom stereocenters. The second-order valence-electron chi connectivity index (χ2n) is 6.01. The van der Waals surface area contributed by atoms with Gasteiger partial charge >= 0.3 is 0 Å².